The Hall–Kier alpha value is -4.09. The largest absolute Gasteiger partial charge is 0.452 e. The Kier molecular flexibility index (Phi) is 8.12. The lowest BCUT2D eigenvalue weighted by molar-refractivity contribution is -0.153. The summed E-state index contributed by atoms with van der Waals surface area (Å²) in [4.78, 5) is 34.7. The molecular formula is C27H30F3N5O4. The third-order valence-corrected chi connectivity index (χ3v) is 5.88. The van der Waals surface area contributed by atoms with Gasteiger partial charge in [-0.3, -0.25) is 4.79 Å². The lowest BCUT2D eigenvalue weighted by Crippen LogP contribution is -2.43. The second-order valence-corrected chi connectivity index (χ2v) is 10.5. The van der Waals surface area contributed by atoms with E-state index >= 15 is 0 Å². The number of nitrogens with one attached hydrogen (secondary N) is 2. The zero-order chi connectivity index (χ0) is 28.2. The van der Waals surface area contributed by atoms with E-state index in [0.717, 1.165) is 0 Å². The summed E-state index contributed by atoms with van der Waals surface area (Å²) in [6, 6.07) is 11.2. The van der Waals surface area contributed by atoms with Crippen molar-refractivity contribution < 1.29 is 31.9 Å². The van der Waals surface area contributed by atoms with Crippen LogP contribution in [-0.2, 0) is 10.9 Å². The minimum atomic E-state index is -4.91. The molecule has 3 aromatic rings. The highest BCUT2D eigenvalue weighted by Gasteiger charge is 2.42. The van der Waals surface area contributed by atoms with E-state index in [2.05, 4.69) is 20.6 Å². The minimum absolute atomic E-state index is 0.0745. The van der Waals surface area contributed by atoms with Gasteiger partial charge < -0.3 is 24.7 Å². The third-order valence-electron chi connectivity index (χ3n) is 5.88. The highest BCUT2D eigenvalue weighted by atomic mass is 19.4. The van der Waals surface area contributed by atoms with Gasteiger partial charge in [-0.1, -0.05) is 39.0 Å². The molecule has 0 spiro atoms. The first-order chi connectivity index (χ1) is 18.4. The second kappa shape index (κ2) is 11.3. The molecule has 2 N–H and O–H groups in total. The molecule has 12 heteroatoms. The fourth-order valence-electron chi connectivity index (χ4n) is 3.90. The second-order valence-electron chi connectivity index (χ2n) is 10.5. The van der Waals surface area contributed by atoms with Crippen LogP contribution in [0.5, 0.6) is 0 Å². The number of alkyl halides is 3. The maximum atomic E-state index is 13.5. The summed E-state index contributed by atoms with van der Waals surface area (Å²) in [5.74, 6) is -2.31. The molecule has 2 aromatic heterocycles. The number of rotatable bonds is 6. The predicted molar refractivity (Wildman–Crippen MR) is 138 cm³/mol. The van der Waals surface area contributed by atoms with Crippen molar-refractivity contribution in [2.45, 2.75) is 45.8 Å². The number of hydrogen-bond acceptors (Lipinski definition) is 7. The predicted octanol–water partition coefficient (Wildman–Crippen LogP) is 6.07. The van der Waals surface area contributed by atoms with Gasteiger partial charge in [0.2, 0.25) is 11.7 Å². The Morgan fingerprint density at radius 3 is 2.36 bits per heavy atom. The van der Waals surface area contributed by atoms with E-state index in [4.69, 9.17) is 9.15 Å². The molecule has 0 aliphatic carbocycles. The number of halogens is 3. The number of hydrogen-bond donors (Lipinski definition) is 2. The number of piperidine rings is 1. The average molecular weight is 546 g/mol. The number of amides is 2. The van der Waals surface area contributed by atoms with Gasteiger partial charge in [0.25, 0.3) is 5.91 Å². The van der Waals surface area contributed by atoms with Crippen LogP contribution in [0.1, 0.15) is 49.9 Å². The number of benzene rings is 1. The average Bonchev–Trinajstić information content (AvgIpc) is 3.36. The molecule has 3 heterocycles. The first-order valence-corrected chi connectivity index (χ1v) is 12.5. The van der Waals surface area contributed by atoms with Crippen molar-refractivity contribution >= 4 is 23.5 Å². The number of oxazole rings is 1. The van der Waals surface area contributed by atoms with Gasteiger partial charge >= 0.3 is 12.3 Å². The van der Waals surface area contributed by atoms with E-state index in [1.807, 2.05) is 20.8 Å². The number of anilines is 2. The molecule has 0 saturated carbocycles. The SMILES string of the molecule is CC(C)(C)COC(=O)N1CCC(Nc2ccc(NC(=O)c3nc(-c4ccccc4)oc3C(F)(F)F)cn2)CC1. The number of pyridine rings is 1. The molecule has 0 bridgehead atoms. The number of carbonyl (C=O) groups is 2. The molecule has 1 saturated heterocycles. The summed E-state index contributed by atoms with van der Waals surface area (Å²) in [6.07, 6.45) is -2.50. The van der Waals surface area contributed by atoms with Gasteiger partial charge in [0.1, 0.15) is 5.82 Å². The minimum Gasteiger partial charge on any atom is -0.449 e. The Morgan fingerprint density at radius 1 is 1.08 bits per heavy atom. The summed E-state index contributed by atoms with van der Waals surface area (Å²) in [5, 5.41) is 5.68. The molecule has 0 unspecified atom stereocenters. The Morgan fingerprint density at radius 2 is 1.77 bits per heavy atom. The van der Waals surface area contributed by atoms with E-state index < -0.39 is 23.5 Å². The Balaban J connectivity index is 1.34. The molecule has 0 atom stereocenters. The van der Waals surface area contributed by atoms with E-state index in [1.165, 1.54) is 24.4 Å². The van der Waals surface area contributed by atoms with E-state index in [1.54, 1.807) is 29.2 Å². The zero-order valence-electron chi connectivity index (χ0n) is 21.8. The highest BCUT2D eigenvalue weighted by molar-refractivity contribution is 6.04. The molecule has 208 valence electrons. The quantitative estimate of drug-likeness (QED) is 0.387. The van der Waals surface area contributed by atoms with Gasteiger partial charge in [-0.15, -0.1) is 0 Å². The molecular weight excluding hydrogens is 515 g/mol. The fourth-order valence-corrected chi connectivity index (χ4v) is 3.90. The molecule has 1 aromatic carbocycles. The number of likely N-dealkylation sites (tertiary alicyclic amines) is 1. The molecule has 1 aliphatic rings. The summed E-state index contributed by atoms with van der Waals surface area (Å²) in [5.41, 5.74) is -0.462. The lowest BCUT2D eigenvalue weighted by atomic mass is 9.99. The summed E-state index contributed by atoms with van der Waals surface area (Å²) in [7, 11) is 0. The molecule has 0 radical (unpaired) electrons. The van der Waals surface area contributed by atoms with E-state index in [-0.39, 0.29) is 29.1 Å². The van der Waals surface area contributed by atoms with Crippen LogP contribution in [0.4, 0.5) is 29.5 Å². The smallest absolute Gasteiger partial charge is 0.449 e. The van der Waals surface area contributed by atoms with Gasteiger partial charge in [-0.05, 0) is 42.5 Å². The standard InChI is InChI=1S/C27H30F3N5O4/c1-26(2,3)16-38-25(37)35-13-11-18(12-14-35)32-20-10-9-19(15-31-20)33-23(36)21-22(27(28,29)30)39-24(34-21)17-7-5-4-6-8-17/h4-10,15,18H,11-14,16H2,1-3H3,(H,31,32)(H,33,36). The van der Waals surface area contributed by atoms with Crippen molar-refractivity contribution in [3.8, 4) is 11.5 Å². The van der Waals surface area contributed by atoms with Crippen LogP contribution in [0.15, 0.2) is 53.1 Å². The third kappa shape index (κ3) is 7.49. The van der Waals surface area contributed by atoms with Crippen LogP contribution in [0, 0.1) is 5.41 Å². The highest BCUT2D eigenvalue weighted by Crippen LogP contribution is 2.35. The van der Waals surface area contributed by atoms with E-state index in [0.29, 0.717) is 43.9 Å². The van der Waals surface area contributed by atoms with Crippen LogP contribution >= 0.6 is 0 Å². The van der Waals surface area contributed by atoms with Gasteiger partial charge in [0.15, 0.2) is 5.69 Å². The Labute approximate surface area is 223 Å². The molecule has 1 fully saturated rings. The first-order valence-electron chi connectivity index (χ1n) is 12.5. The van der Waals surface area contributed by atoms with Gasteiger partial charge in [-0.2, -0.15) is 13.2 Å². The molecule has 39 heavy (non-hydrogen) atoms. The fraction of sp³-hybridized carbons (Fsp3) is 0.407. The number of ether oxygens (including phenoxy) is 1. The van der Waals surface area contributed by atoms with E-state index in [9.17, 15) is 22.8 Å². The monoisotopic (exact) mass is 545 g/mol. The molecule has 9 nitrogen and oxygen atoms in total. The topological polar surface area (TPSA) is 110 Å². The van der Waals surface area contributed by atoms with Gasteiger partial charge in [0, 0.05) is 24.7 Å². The lowest BCUT2D eigenvalue weighted by Gasteiger charge is -2.32. The van der Waals surface area contributed by atoms with Crippen molar-refractivity contribution in [3.63, 3.8) is 0 Å². The van der Waals surface area contributed by atoms with Crippen molar-refractivity contribution in [1.29, 1.82) is 0 Å². The van der Waals surface area contributed by atoms with Crippen LogP contribution < -0.4 is 10.6 Å². The normalized spacial score (nSPS) is 14.7. The molecule has 1 aliphatic heterocycles. The van der Waals surface area contributed by atoms with Gasteiger partial charge in [0.05, 0.1) is 18.5 Å². The number of nitrogens with zero attached hydrogens (tertiary/aromatic N) is 3. The maximum Gasteiger partial charge on any atom is 0.452 e. The van der Waals surface area contributed by atoms with Crippen molar-refractivity contribution in [3.05, 3.63) is 60.1 Å². The number of carbonyl (C=O) groups excluding carboxylic acids is 2. The van der Waals surface area contributed by atoms with Crippen LogP contribution in [0.25, 0.3) is 11.5 Å². The van der Waals surface area contributed by atoms with Crippen LogP contribution in [-0.4, -0.2) is 52.6 Å². The van der Waals surface area contributed by atoms with Gasteiger partial charge in [-0.25, -0.2) is 14.8 Å². The van der Waals surface area contributed by atoms with Crippen molar-refractivity contribution in [2.75, 3.05) is 30.3 Å². The molecule has 2 amide bonds. The summed E-state index contributed by atoms with van der Waals surface area (Å²) >= 11 is 0. The molecule has 4 rings (SSSR count). The maximum absolute atomic E-state index is 13.5. The number of aromatic nitrogens is 2. The van der Waals surface area contributed by atoms with Crippen LogP contribution in [0.2, 0.25) is 0 Å². The van der Waals surface area contributed by atoms with Crippen molar-refractivity contribution in [2.24, 2.45) is 5.41 Å². The van der Waals surface area contributed by atoms with Crippen molar-refractivity contribution in [1.82, 2.24) is 14.9 Å². The van der Waals surface area contributed by atoms with Crippen LogP contribution in [0.3, 0.4) is 0 Å². The summed E-state index contributed by atoms with van der Waals surface area (Å²) in [6.45, 7) is 7.42. The Bertz CT molecular complexity index is 1280. The first kappa shape index (κ1) is 27.9. The summed E-state index contributed by atoms with van der Waals surface area (Å²) < 4.78 is 50.9. The zero-order valence-corrected chi connectivity index (χ0v) is 21.8.